The first-order chi connectivity index (χ1) is 11.1. The van der Waals surface area contributed by atoms with Crippen LogP contribution in [-0.4, -0.2) is 12.6 Å². The number of rotatable bonds is 6. The molecule has 0 radical (unpaired) electrons. The molecule has 2 aromatic rings. The summed E-state index contributed by atoms with van der Waals surface area (Å²) in [6, 6.07) is 16.2. The smallest absolute Gasteiger partial charge is 0.319 e. The van der Waals surface area contributed by atoms with Crippen molar-refractivity contribution in [2.24, 2.45) is 0 Å². The van der Waals surface area contributed by atoms with Crippen LogP contribution >= 0.6 is 0 Å². The van der Waals surface area contributed by atoms with E-state index in [9.17, 15) is 4.79 Å². The number of para-hydroxylation sites is 1. The highest BCUT2D eigenvalue weighted by Gasteiger charge is 2.10. The van der Waals surface area contributed by atoms with E-state index in [0.29, 0.717) is 12.5 Å². The molecule has 0 saturated heterocycles. The van der Waals surface area contributed by atoms with Gasteiger partial charge in [-0.1, -0.05) is 61.9 Å². The zero-order valence-corrected chi connectivity index (χ0v) is 14.2. The van der Waals surface area contributed by atoms with Gasteiger partial charge in [-0.05, 0) is 42.9 Å². The number of benzene rings is 2. The number of aryl methyl sites for hydroxylation is 1. The monoisotopic (exact) mass is 310 g/mol. The van der Waals surface area contributed by atoms with Crippen molar-refractivity contribution in [1.29, 1.82) is 0 Å². The molecule has 0 aliphatic carbocycles. The summed E-state index contributed by atoms with van der Waals surface area (Å²) in [6.07, 6.45) is 1.88. The van der Waals surface area contributed by atoms with Crippen LogP contribution in [0, 0.1) is 6.92 Å². The fourth-order valence-corrected chi connectivity index (χ4v) is 2.62. The SMILES string of the molecule is CCC(C)c1ccccc1NC(=O)NCCc1cccc(C)c1. The van der Waals surface area contributed by atoms with E-state index in [1.165, 1.54) is 16.7 Å². The van der Waals surface area contributed by atoms with Crippen molar-refractivity contribution in [2.45, 2.75) is 39.5 Å². The Balaban J connectivity index is 1.88. The van der Waals surface area contributed by atoms with Crippen molar-refractivity contribution in [3.63, 3.8) is 0 Å². The maximum absolute atomic E-state index is 12.1. The Bertz CT molecular complexity index is 652. The first-order valence-corrected chi connectivity index (χ1v) is 8.29. The van der Waals surface area contributed by atoms with Crippen molar-refractivity contribution in [1.82, 2.24) is 5.32 Å². The van der Waals surface area contributed by atoms with Crippen LogP contribution in [0.2, 0.25) is 0 Å². The summed E-state index contributed by atoms with van der Waals surface area (Å²) in [5, 5.41) is 5.91. The molecule has 0 saturated carbocycles. The Labute approximate surface area is 139 Å². The van der Waals surface area contributed by atoms with E-state index in [0.717, 1.165) is 18.5 Å². The minimum atomic E-state index is -0.145. The summed E-state index contributed by atoms with van der Waals surface area (Å²) < 4.78 is 0. The third-order valence-corrected chi connectivity index (χ3v) is 4.13. The van der Waals surface area contributed by atoms with Gasteiger partial charge in [-0.2, -0.15) is 0 Å². The fraction of sp³-hybridized carbons (Fsp3) is 0.350. The van der Waals surface area contributed by atoms with E-state index in [1.807, 2.05) is 24.3 Å². The van der Waals surface area contributed by atoms with Gasteiger partial charge in [-0.25, -0.2) is 4.79 Å². The summed E-state index contributed by atoms with van der Waals surface area (Å²) in [6.45, 7) is 7.04. The van der Waals surface area contributed by atoms with Gasteiger partial charge in [-0.3, -0.25) is 0 Å². The molecule has 0 aromatic heterocycles. The standard InChI is InChI=1S/C20H26N2O/c1-4-16(3)18-10-5-6-11-19(18)22-20(23)21-13-12-17-9-7-8-15(2)14-17/h5-11,14,16H,4,12-13H2,1-3H3,(H2,21,22,23). The van der Waals surface area contributed by atoms with E-state index in [4.69, 9.17) is 0 Å². The molecular formula is C20H26N2O. The third-order valence-electron chi connectivity index (χ3n) is 4.13. The van der Waals surface area contributed by atoms with E-state index in [1.54, 1.807) is 0 Å². The van der Waals surface area contributed by atoms with Crippen LogP contribution in [0.25, 0.3) is 0 Å². The Morgan fingerprint density at radius 2 is 1.91 bits per heavy atom. The highest BCUT2D eigenvalue weighted by atomic mass is 16.2. The number of amides is 2. The van der Waals surface area contributed by atoms with Gasteiger partial charge >= 0.3 is 6.03 Å². The predicted molar refractivity (Wildman–Crippen MR) is 97.1 cm³/mol. The van der Waals surface area contributed by atoms with E-state index in [2.05, 4.69) is 55.7 Å². The summed E-state index contributed by atoms with van der Waals surface area (Å²) in [5.41, 5.74) is 4.57. The number of carbonyl (C=O) groups excluding carboxylic acids is 1. The largest absolute Gasteiger partial charge is 0.338 e. The van der Waals surface area contributed by atoms with Crippen molar-refractivity contribution in [3.8, 4) is 0 Å². The Morgan fingerprint density at radius 1 is 1.13 bits per heavy atom. The maximum atomic E-state index is 12.1. The van der Waals surface area contributed by atoms with Crippen molar-refractivity contribution >= 4 is 11.7 Å². The van der Waals surface area contributed by atoms with Crippen molar-refractivity contribution < 1.29 is 4.79 Å². The highest BCUT2D eigenvalue weighted by Crippen LogP contribution is 2.26. The van der Waals surface area contributed by atoms with Crippen LogP contribution in [0.5, 0.6) is 0 Å². The molecule has 3 nitrogen and oxygen atoms in total. The molecule has 122 valence electrons. The van der Waals surface area contributed by atoms with Gasteiger partial charge in [-0.15, -0.1) is 0 Å². The zero-order valence-electron chi connectivity index (χ0n) is 14.2. The Kier molecular flexibility index (Phi) is 6.21. The second-order valence-corrected chi connectivity index (χ2v) is 6.02. The normalized spacial score (nSPS) is 11.8. The van der Waals surface area contributed by atoms with Crippen molar-refractivity contribution in [3.05, 3.63) is 65.2 Å². The molecule has 0 aliphatic heterocycles. The molecule has 3 heteroatoms. The molecule has 2 aromatic carbocycles. The number of carbonyl (C=O) groups is 1. The van der Waals surface area contributed by atoms with Crippen LogP contribution < -0.4 is 10.6 Å². The highest BCUT2D eigenvalue weighted by molar-refractivity contribution is 5.90. The molecule has 0 bridgehead atoms. The van der Waals surface area contributed by atoms with Gasteiger partial charge in [0, 0.05) is 12.2 Å². The second kappa shape index (κ2) is 8.37. The van der Waals surface area contributed by atoms with E-state index >= 15 is 0 Å². The predicted octanol–water partition coefficient (Wildman–Crippen LogP) is 4.87. The molecule has 2 amide bonds. The molecule has 2 N–H and O–H groups in total. The molecule has 0 aliphatic rings. The van der Waals surface area contributed by atoms with Crippen LogP contribution in [-0.2, 0) is 6.42 Å². The van der Waals surface area contributed by atoms with Gasteiger partial charge in [0.2, 0.25) is 0 Å². The first-order valence-electron chi connectivity index (χ1n) is 8.29. The fourth-order valence-electron chi connectivity index (χ4n) is 2.62. The van der Waals surface area contributed by atoms with Gasteiger partial charge in [0.25, 0.3) is 0 Å². The average molecular weight is 310 g/mol. The van der Waals surface area contributed by atoms with Crippen molar-refractivity contribution in [2.75, 3.05) is 11.9 Å². The van der Waals surface area contributed by atoms with Crippen LogP contribution in [0.1, 0.15) is 42.9 Å². The Hall–Kier alpha value is -2.29. The summed E-state index contributed by atoms with van der Waals surface area (Å²) in [7, 11) is 0. The van der Waals surface area contributed by atoms with Gasteiger partial charge in [0.1, 0.15) is 0 Å². The van der Waals surface area contributed by atoms with Crippen LogP contribution in [0.4, 0.5) is 10.5 Å². The number of nitrogens with one attached hydrogen (secondary N) is 2. The molecule has 0 fully saturated rings. The quantitative estimate of drug-likeness (QED) is 0.785. The first kappa shape index (κ1) is 17.1. The lowest BCUT2D eigenvalue weighted by atomic mass is 9.97. The number of urea groups is 1. The van der Waals surface area contributed by atoms with Crippen LogP contribution in [0.15, 0.2) is 48.5 Å². The summed E-state index contributed by atoms with van der Waals surface area (Å²) in [5.74, 6) is 0.429. The summed E-state index contributed by atoms with van der Waals surface area (Å²) in [4.78, 5) is 12.1. The molecule has 0 heterocycles. The number of anilines is 1. The number of hydrogen-bond acceptors (Lipinski definition) is 1. The lowest BCUT2D eigenvalue weighted by Crippen LogP contribution is -2.30. The van der Waals surface area contributed by atoms with Gasteiger partial charge in [0.05, 0.1) is 0 Å². The average Bonchev–Trinajstić information content (AvgIpc) is 2.55. The molecular weight excluding hydrogens is 284 g/mol. The minimum Gasteiger partial charge on any atom is -0.338 e. The second-order valence-electron chi connectivity index (χ2n) is 6.02. The lowest BCUT2D eigenvalue weighted by Gasteiger charge is -2.16. The third kappa shape index (κ3) is 5.13. The minimum absolute atomic E-state index is 0.145. The topological polar surface area (TPSA) is 41.1 Å². The van der Waals surface area contributed by atoms with E-state index in [-0.39, 0.29) is 6.03 Å². The van der Waals surface area contributed by atoms with Gasteiger partial charge < -0.3 is 10.6 Å². The van der Waals surface area contributed by atoms with Crippen LogP contribution in [0.3, 0.4) is 0 Å². The Morgan fingerprint density at radius 3 is 2.65 bits per heavy atom. The molecule has 1 unspecified atom stereocenters. The summed E-state index contributed by atoms with van der Waals surface area (Å²) >= 11 is 0. The number of hydrogen-bond donors (Lipinski definition) is 2. The lowest BCUT2D eigenvalue weighted by molar-refractivity contribution is 0.252. The maximum Gasteiger partial charge on any atom is 0.319 e. The molecule has 2 rings (SSSR count). The molecule has 0 spiro atoms. The molecule has 23 heavy (non-hydrogen) atoms. The van der Waals surface area contributed by atoms with E-state index < -0.39 is 0 Å². The van der Waals surface area contributed by atoms with Gasteiger partial charge in [0.15, 0.2) is 0 Å². The zero-order chi connectivity index (χ0) is 16.7. The molecule has 1 atom stereocenters.